The molecule has 2 nitrogen and oxygen atoms in total. The molecule has 1 atom stereocenters. The summed E-state index contributed by atoms with van der Waals surface area (Å²) in [7, 11) is 0. The Morgan fingerprint density at radius 3 is 2.19 bits per heavy atom. The number of benzene rings is 1. The molecule has 4 bridgehead atoms. The molecule has 1 saturated heterocycles. The van der Waals surface area contributed by atoms with E-state index in [0.717, 1.165) is 28.7 Å². The first kappa shape index (κ1) is 16.9. The van der Waals surface area contributed by atoms with Gasteiger partial charge < -0.3 is 4.90 Å². The Morgan fingerprint density at radius 1 is 1.00 bits per heavy atom. The number of amides is 1. The van der Waals surface area contributed by atoms with Gasteiger partial charge >= 0.3 is 0 Å². The quantitative estimate of drug-likeness (QED) is 0.637. The Balaban J connectivity index is 1.38. The molecule has 144 valence electrons. The summed E-state index contributed by atoms with van der Waals surface area (Å²) in [6.07, 6.45) is 9.35. The predicted octanol–water partition coefficient (Wildman–Crippen LogP) is 5.43. The van der Waals surface area contributed by atoms with E-state index in [4.69, 9.17) is 11.6 Å². The summed E-state index contributed by atoms with van der Waals surface area (Å²) in [6, 6.07) is 9.31. The highest BCUT2D eigenvalue weighted by atomic mass is 35.5. The number of hydrogen-bond acceptors (Lipinski definition) is 1. The number of nitrogens with zero attached hydrogens (tertiary/aromatic N) is 1. The molecule has 1 unspecified atom stereocenters. The molecule has 1 amide bonds. The van der Waals surface area contributed by atoms with E-state index >= 15 is 0 Å². The molecule has 0 N–H and O–H groups in total. The van der Waals surface area contributed by atoms with Crippen LogP contribution < -0.4 is 0 Å². The summed E-state index contributed by atoms with van der Waals surface area (Å²) in [5, 5.41) is 0.823. The monoisotopic (exact) mass is 383 g/mol. The lowest BCUT2D eigenvalue weighted by Crippen LogP contribution is -2.76. The summed E-state index contributed by atoms with van der Waals surface area (Å²) in [4.78, 5) is 15.8. The topological polar surface area (TPSA) is 20.3 Å². The fraction of sp³-hybridized carbons (Fsp3) is 0.708. The number of hydrogen-bond donors (Lipinski definition) is 0. The smallest absolute Gasteiger partial charge is 0.230 e. The van der Waals surface area contributed by atoms with E-state index in [1.54, 1.807) is 0 Å². The second-order valence-corrected chi connectivity index (χ2v) is 11.4. The second kappa shape index (κ2) is 5.32. The van der Waals surface area contributed by atoms with Crippen molar-refractivity contribution < 1.29 is 4.79 Å². The molecule has 0 radical (unpaired) electrons. The third kappa shape index (κ3) is 2.17. The lowest BCUT2D eigenvalue weighted by Gasteiger charge is -2.66. The van der Waals surface area contributed by atoms with E-state index in [-0.39, 0.29) is 10.8 Å². The third-order valence-corrected chi connectivity index (χ3v) is 9.19. The van der Waals surface area contributed by atoms with E-state index in [0.29, 0.717) is 18.0 Å². The zero-order valence-corrected chi connectivity index (χ0v) is 17.2. The predicted molar refractivity (Wildman–Crippen MR) is 108 cm³/mol. The van der Waals surface area contributed by atoms with Crippen LogP contribution in [-0.4, -0.2) is 22.9 Å². The van der Waals surface area contributed by atoms with Crippen LogP contribution in [0.25, 0.3) is 0 Å². The summed E-state index contributed by atoms with van der Waals surface area (Å²) >= 11 is 6.35. The number of likely N-dealkylation sites (tertiary alicyclic amines) is 1. The Morgan fingerprint density at radius 2 is 1.63 bits per heavy atom. The average molecular weight is 384 g/mol. The molecule has 1 aromatic rings. The van der Waals surface area contributed by atoms with Gasteiger partial charge in [-0.3, -0.25) is 4.79 Å². The van der Waals surface area contributed by atoms with Gasteiger partial charge in [-0.2, -0.15) is 0 Å². The molecule has 0 aromatic heterocycles. The Kier molecular flexibility index (Phi) is 3.33. The van der Waals surface area contributed by atoms with Gasteiger partial charge in [0, 0.05) is 16.5 Å². The van der Waals surface area contributed by atoms with Crippen LogP contribution in [0.15, 0.2) is 24.3 Å². The Bertz CT molecular complexity index is 782. The minimum atomic E-state index is -0.243. The van der Waals surface area contributed by atoms with Crippen molar-refractivity contribution in [3.8, 4) is 0 Å². The molecule has 6 fully saturated rings. The molecule has 1 aliphatic heterocycles. The van der Waals surface area contributed by atoms with Crippen LogP contribution in [0.3, 0.4) is 0 Å². The van der Waals surface area contributed by atoms with E-state index in [2.05, 4.69) is 36.9 Å². The van der Waals surface area contributed by atoms with Crippen molar-refractivity contribution in [3.05, 3.63) is 34.9 Å². The van der Waals surface area contributed by atoms with Crippen molar-refractivity contribution in [1.29, 1.82) is 0 Å². The van der Waals surface area contributed by atoms with Crippen molar-refractivity contribution in [3.63, 3.8) is 0 Å². The molecule has 1 heterocycles. The zero-order chi connectivity index (χ0) is 18.6. The van der Waals surface area contributed by atoms with Gasteiger partial charge in [0.2, 0.25) is 5.91 Å². The molecular weight excluding hydrogens is 354 g/mol. The van der Waals surface area contributed by atoms with Crippen molar-refractivity contribution in [2.45, 2.75) is 76.3 Å². The number of rotatable bonds is 3. The number of carbonyl (C=O) groups is 1. The normalized spacial score (nSPS) is 42.9. The molecule has 5 saturated carbocycles. The van der Waals surface area contributed by atoms with E-state index in [1.165, 1.54) is 50.5 Å². The molecule has 7 rings (SSSR count). The Labute approximate surface area is 167 Å². The zero-order valence-electron chi connectivity index (χ0n) is 16.5. The minimum absolute atomic E-state index is 0.136. The Hall–Kier alpha value is -1.02. The highest BCUT2D eigenvalue weighted by molar-refractivity contribution is 6.30. The molecule has 0 spiro atoms. The average Bonchev–Trinajstić information content (AvgIpc) is 3.40. The standard InChI is InChI=1S/C24H30ClNO/c1-23(2)21(24(6-7-24)18-4-3-5-19(25)13-18)26(22(23)27)20-16-9-14-8-15(11-16)12-17(20)10-14/h3-5,13-17,20-21H,6-12H2,1-2H3. The minimum Gasteiger partial charge on any atom is -0.334 e. The van der Waals surface area contributed by atoms with Crippen molar-refractivity contribution in [1.82, 2.24) is 4.90 Å². The van der Waals surface area contributed by atoms with Gasteiger partial charge in [0.15, 0.2) is 0 Å². The van der Waals surface area contributed by atoms with Gasteiger partial charge in [-0.15, -0.1) is 0 Å². The van der Waals surface area contributed by atoms with Gasteiger partial charge in [-0.25, -0.2) is 0 Å². The van der Waals surface area contributed by atoms with Crippen LogP contribution in [0, 0.1) is 29.1 Å². The van der Waals surface area contributed by atoms with Gasteiger partial charge in [0.05, 0.1) is 11.5 Å². The summed E-state index contributed by atoms with van der Waals surface area (Å²) < 4.78 is 0. The SMILES string of the molecule is CC1(C)C(=O)N(C2C3CC4CC(C3)CC2C4)C1C1(c2cccc(Cl)c2)CC1. The first-order valence-electron chi connectivity index (χ1n) is 11.0. The lowest BCUT2D eigenvalue weighted by molar-refractivity contribution is -0.195. The molecule has 6 aliphatic rings. The first-order chi connectivity index (χ1) is 12.9. The second-order valence-electron chi connectivity index (χ2n) is 10.9. The van der Waals surface area contributed by atoms with Crippen LogP contribution in [0.1, 0.15) is 64.4 Å². The van der Waals surface area contributed by atoms with Gasteiger partial charge in [-0.1, -0.05) is 23.7 Å². The number of carbonyl (C=O) groups excluding carboxylic acids is 1. The summed E-state index contributed by atoms with van der Waals surface area (Å²) in [6.45, 7) is 4.38. The maximum absolute atomic E-state index is 13.4. The van der Waals surface area contributed by atoms with Crippen molar-refractivity contribution in [2.24, 2.45) is 29.1 Å². The first-order valence-corrected chi connectivity index (χ1v) is 11.4. The lowest BCUT2D eigenvalue weighted by atomic mass is 9.52. The van der Waals surface area contributed by atoms with Crippen LogP contribution >= 0.6 is 11.6 Å². The maximum atomic E-state index is 13.4. The molecular formula is C24H30ClNO. The molecule has 5 aliphatic carbocycles. The highest BCUT2D eigenvalue weighted by Crippen LogP contribution is 2.65. The molecule has 1 aromatic carbocycles. The summed E-state index contributed by atoms with van der Waals surface area (Å²) in [5.74, 6) is 3.85. The molecule has 3 heteroatoms. The van der Waals surface area contributed by atoms with Gasteiger partial charge in [0.1, 0.15) is 0 Å². The maximum Gasteiger partial charge on any atom is 0.230 e. The highest BCUT2D eigenvalue weighted by Gasteiger charge is 2.70. The van der Waals surface area contributed by atoms with Crippen LogP contribution in [0.4, 0.5) is 0 Å². The third-order valence-electron chi connectivity index (χ3n) is 8.96. The van der Waals surface area contributed by atoms with Crippen LogP contribution in [0.2, 0.25) is 5.02 Å². The van der Waals surface area contributed by atoms with Gasteiger partial charge in [0.25, 0.3) is 0 Å². The van der Waals surface area contributed by atoms with E-state index in [9.17, 15) is 4.79 Å². The fourth-order valence-corrected chi connectivity index (χ4v) is 8.31. The van der Waals surface area contributed by atoms with Crippen LogP contribution in [-0.2, 0) is 10.2 Å². The van der Waals surface area contributed by atoms with Crippen molar-refractivity contribution >= 4 is 17.5 Å². The summed E-state index contributed by atoms with van der Waals surface area (Å²) in [5.41, 5.74) is 1.25. The van der Waals surface area contributed by atoms with Gasteiger partial charge in [-0.05, 0) is 100 Å². The molecule has 27 heavy (non-hydrogen) atoms. The van der Waals surface area contributed by atoms with E-state index in [1.807, 2.05) is 6.07 Å². The van der Waals surface area contributed by atoms with Crippen LogP contribution in [0.5, 0.6) is 0 Å². The fourth-order valence-electron chi connectivity index (χ4n) is 8.12. The largest absolute Gasteiger partial charge is 0.334 e. The van der Waals surface area contributed by atoms with E-state index < -0.39 is 0 Å². The number of halogens is 1. The number of β-lactam (4-membered cyclic amide) rings is 1. The van der Waals surface area contributed by atoms with Crippen molar-refractivity contribution in [2.75, 3.05) is 0 Å².